The van der Waals surface area contributed by atoms with Gasteiger partial charge in [0.2, 0.25) is 5.91 Å². The summed E-state index contributed by atoms with van der Waals surface area (Å²) in [5, 5.41) is 0. The van der Waals surface area contributed by atoms with Crippen LogP contribution in [0.3, 0.4) is 0 Å². The highest BCUT2D eigenvalue weighted by molar-refractivity contribution is 7.91. The Bertz CT molecular complexity index is 397. The monoisotopic (exact) mass is 262 g/mol. The Morgan fingerprint density at radius 3 is 2.35 bits per heavy atom. The van der Waals surface area contributed by atoms with Crippen molar-refractivity contribution in [2.45, 2.75) is 39.8 Å². The first-order valence-corrected chi connectivity index (χ1v) is 7.63. The van der Waals surface area contributed by atoms with Gasteiger partial charge in [0.05, 0.1) is 17.5 Å². The Morgan fingerprint density at radius 1 is 1.41 bits per heavy atom. The molecule has 0 spiro atoms. The summed E-state index contributed by atoms with van der Waals surface area (Å²) in [4.78, 5) is 13.8. The van der Waals surface area contributed by atoms with Crippen molar-refractivity contribution in [3.8, 4) is 0 Å². The van der Waals surface area contributed by atoms with Gasteiger partial charge in [-0.15, -0.1) is 0 Å². The second-order valence-corrected chi connectivity index (χ2v) is 8.07. The van der Waals surface area contributed by atoms with Crippen molar-refractivity contribution >= 4 is 15.7 Å². The van der Waals surface area contributed by atoms with E-state index < -0.39 is 15.9 Å². The third-order valence-corrected chi connectivity index (χ3v) is 4.95. The smallest absolute Gasteiger partial charge is 0.240 e. The van der Waals surface area contributed by atoms with Crippen LogP contribution in [0.1, 0.15) is 27.7 Å². The molecule has 1 aliphatic rings. The number of hydrogen-bond acceptors (Lipinski definition) is 4. The number of hydrogen-bond donors (Lipinski definition) is 1. The highest BCUT2D eigenvalue weighted by Crippen LogP contribution is 2.21. The van der Waals surface area contributed by atoms with Crippen molar-refractivity contribution in [3.05, 3.63) is 0 Å². The van der Waals surface area contributed by atoms with Gasteiger partial charge in [-0.05, 0) is 12.3 Å². The first-order valence-electron chi connectivity index (χ1n) is 5.81. The number of nitrogens with two attached hydrogens (primary N) is 1. The lowest BCUT2D eigenvalue weighted by Crippen LogP contribution is -2.57. The summed E-state index contributed by atoms with van der Waals surface area (Å²) in [7, 11) is -2.99. The minimum atomic E-state index is -2.99. The van der Waals surface area contributed by atoms with Gasteiger partial charge in [-0.25, -0.2) is 8.42 Å². The van der Waals surface area contributed by atoms with Gasteiger partial charge in [0.1, 0.15) is 0 Å². The van der Waals surface area contributed by atoms with E-state index in [9.17, 15) is 13.2 Å². The molecule has 1 saturated heterocycles. The van der Waals surface area contributed by atoms with Gasteiger partial charge in [-0.1, -0.05) is 20.8 Å². The SMILES string of the molecule is CC1CS(=O)(=O)CCN1C(=O)[C@H](N)C(C)(C)C. The van der Waals surface area contributed by atoms with Crippen LogP contribution < -0.4 is 5.73 Å². The normalized spacial score (nSPS) is 26.6. The number of carbonyl (C=O) groups is 1. The van der Waals surface area contributed by atoms with E-state index in [1.54, 1.807) is 11.8 Å². The van der Waals surface area contributed by atoms with Gasteiger partial charge < -0.3 is 10.6 Å². The first kappa shape index (κ1) is 14.4. The van der Waals surface area contributed by atoms with E-state index >= 15 is 0 Å². The van der Waals surface area contributed by atoms with E-state index in [1.807, 2.05) is 20.8 Å². The van der Waals surface area contributed by atoms with E-state index in [0.29, 0.717) is 0 Å². The molecule has 1 fully saturated rings. The summed E-state index contributed by atoms with van der Waals surface area (Å²) in [5.41, 5.74) is 5.60. The fourth-order valence-electron chi connectivity index (χ4n) is 1.88. The molecular formula is C11H22N2O3S. The van der Waals surface area contributed by atoms with Crippen molar-refractivity contribution in [1.29, 1.82) is 0 Å². The predicted octanol–water partition coefficient (Wildman–Crippen LogP) is 0.00530. The number of sulfone groups is 1. The van der Waals surface area contributed by atoms with Crippen molar-refractivity contribution in [1.82, 2.24) is 4.90 Å². The van der Waals surface area contributed by atoms with Crippen LogP contribution in [0.5, 0.6) is 0 Å². The Balaban J connectivity index is 2.79. The maximum absolute atomic E-state index is 12.2. The largest absolute Gasteiger partial charge is 0.337 e. The van der Waals surface area contributed by atoms with Gasteiger partial charge >= 0.3 is 0 Å². The Hall–Kier alpha value is -0.620. The lowest BCUT2D eigenvalue weighted by Gasteiger charge is -2.37. The molecule has 6 heteroatoms. The maximum atomic E-state index is 12.2. The van der Waals surface area contributed by atoms with Gasteiger partial charge in [0.15, 0.2) is 9.84 Å². The van der Waals surface area contributed by atoms with Crippen molar-refractivity contribution in [2.24, 2.45) is 11.1 Å². The van der Waals surface area contributed by atoms with Gasteiger partial charge in [0.25, 0.3) is 0 Å². The van der Waals surface area contributed by atoms with Gasteiger partial charge in [0, 0.05) is 12.6 Å². The first-order chi connectivity index (χ1) is 7.54. The highest BCUT2D eigenvalue weighted by Gasteiger charge is 2.37. The van der Waals surface area contributed by atoms with Crippen LogP contribution >= 0.6 is 0 Å². The Kier molecular flexibility index (Phi) is 3.88. The zero-order valence-corrected chi connectivity index (χ0v) is 11.8. The second kappa shape index (κ2) is 4.57. The number of carbonyl (C=O) groups excluding carboxylic acids is 1. The van der Waals surface area contributed by atoms with Crippen LogP contribution in [-0.2, 0) is 14.6 Å². The fraction of sp³-hybridized carbons (Fsp3) is 0.909. The molecule has 0 aliphatic carbocycles. The zero-order valence-electron chi connectivity index (χ0n) is 10.9. The summed E-state index contributed by atoms with van der Waals surface area (Å²) in [6.45, 7) is 7.72. The molecule has 100 valence electrons. The van der Waals surface area contributed by atoms with E-state index in [4.69, 9.17) is 5.73 Å². The summed E-state index contributed by atoms with van der Waals surface area (Å²) in [6, 6.07) is -0.875. The molecule has 2 N–H and O–H groups in total. The van der Waals surface area contributed by atoms with Crippen LogP contribution in [0.2, 0.25) is 0 Å². The summed E-state index contributed by atoms with van der Waals surface area (Å²) in [6.07, 6.45) is 0. The van der Waals surface area contributed by atoms with E-state index in [-0.39, 0.29) is 35.4 Å². The second-order valence-electron chi connectivity index (χ2n) is 5.84. The van der Waals surface area contributed by atoms with Crippen LogP contribution in [-0.4, -0.2) is 49.4 Å². The fourth-order valence-corrected chi connectivity index (χ4v) is 3.43. The van der Waals surface area contributed by atoms with Crippen LogP contribution in [0.4, 0.5) is 0 Å². The third kappa shape index (κ3) is 3.42. The molecule has 17 heavy (non-hydrogen) atoms. The van der Waals surface area contributed by atoms with E-state index in [0.717, 1.165) is 0 Å². The topological polar surface area (TPSA) is 80.5 Å². The molecule has 1 aliphatic heterocycles. The summed E-state index contributed by atoms with van der Waals surface area (Å²) < 4.78 is 22.9. The molecular weight excluding hydrogens is 240 g/mol. The van der Waals surface area contributed by atoms with Gasteiger partial charge in [-0.2, -0.15) is 0 Å². The minimum absolute atomic E-state index is 0.0373. The molecule has 5 nitrogen and oxygen atoms in total. The van der Waals surface area contributed by atoms with Crippen molar-refractivity contribution < 1.29 is 13.2 Å². The molecule has 1 amide bonds. The quantitative estimate of drug-likeness (QED) is 0.721. The molecule has 1 rings (SSSR count). The lowest BCUT2D eigenvalue weighted by molar-refractivity contribution is -0.136. The molecule has 1 unspecified atom stereocenters. The number of rotatable bonds is 1. The summed E-state index contributed by atoms with van der Waals surface area (Å²) in [5.74, 6) is -0.0740. The minimum Gasteiger partial charge on any atom is -0.337 e. The summed E-state index contributed by atoms with van der Waals surface area (Å²) >= 11 is 0. The average Bonchev–Trinajstić information content (AvgIpc) is 2.12. The highest BCUT2D eigenvalue weighted by atomic mass is 32.2. The predicted molar refractivity (Wildman–Crippen MR) is 67.3 cm³/mol. The molecule has 0 aromatic heterocycles. The molecule has 0 saturated carbocycles. The van der Waals surface area contributed by atoms with Crippen molar-refractivity contribution in [2.75, 3.05) is 18.1 Å². The van der Waals surface area contributed by atoms with E-state index in [1.165, 1.54) is 0 Å². The van der Waals surface area contributed by atoms with Crippen LogP contribution in [0.25, 0.3) is 0 Å². The van der Waals surface area contributed by atoms with Crippen LogP contribution in [0, 0.1) is 5.41 Å². The molecule has 2 atom stereocenters. The number of nitrogens with zero attached hydrogens (tertiary/aromatic N) is 1. The maximum Gasteiger partial charge on any atom is 0.240 e. The van der Waals surface area contributed by atoms with Crippen LogP contribution in [0.15, 0.2) is 0 Å². The Morgan fingerprint density at radius 2 is 1.94 bits per heavy atom. The Labute approximate surface area is 103 Å². The third-order valence-electron chi connectivity index (χ3n) is 3.15. The molecule has 1 heterocycles. The van der Waals surface area contributed by atoms with Crippen molar-refractivity contribution in [3.63, 3.8) is 0 Å². The molecule has 0 aromatic rings. The van der Waals surface area contributed by atoms with Gasteiger partial charge in [-0.3, -0.25) is 4.79 Å². The zero-order chi connectivity index (χ0) is 13.4. The molecule has 0 bridgehead atoms. The average molecular weight is 262 g/mol. The number of amides is 1. The standard InChI is InChI=1S/C11H22N2O3S/c1-8-7-17(15,16)6-5-13(8)10(14)9(12)11(2,3)4/h8-9H,5-7,12H2,1-4H3/t8?,9-/m0/s1. The van der Waals surface area contributed by atoms with E-state index in [2.05, 4.69) is 0 Å². The molecule has 0 aromatic carbocycles. The lowest BCUT2D eigenvalue weighted by atomic mass is 9.86. The molecule has 0 radical (unpaired) electrons.